The van der Waals surface area contributed by atoms with Crippen LogP contribution in [-0.2, 0) is 4.74 Å². The highest BCUT2D eigenvalue weighted by molar-refractivity contribution is 5.79. The number of hydrogen-bond donors (Lipinski definition) is 2. The molecule has 0 spiro atoms. The molecule has 1 atom stereocenters. The zero-order valence-electron chi connectivity index (χ0n) is 15.5. The summed E-state index contributed by atoms with van der Waals surface area (Å²) in [6, 6.07) is 0.362. The van der Waals surface area contributed by atoms with Gasteiger partial charge in [-0.15, -0.1) is 13.2 Å². The number of aliphatic imine (C=N–C) groups is 1. The number of nitrogens with zero attached hydrogens (tertiary/aromatic N) is 2. The summed E-state index contributed by atoms with van der Waals surface area (Å²) in [6.45, 7) is 19.2. The summed E-state index contributed by atoms with van der Waals surface area (Å²) in [5.74, 6) is 1.38. The predicted octanol–water partition coefficient (Wildman–Crippen LogP) is 2.28. The lowest BCUT2D eigenvalue weighted by molar-refractivity contribution is 0.194. The van der Waals surface area contributed by atoms with Gasteiger partial charge in [-0.3, -0.25) is 9.89 Å². The van der Waals surface area contributed by atoms with Crippen molar-refractivity contribution in [1.29, 1.82) is 0 Å². The monoisotopic (exact) mass is 324 g/mol. The van der Waals surface area contributed by atoms with Crippen LogP contribution in [0.1, 0.15) is 27.2 Å². The molecule has 0 radical (unpaired) electrons. The number of ether oxygens (including phenoxy) is 1. The van der Waals surface area contributed by atoms with Gasteiger partial charge >= 0.3 is 0 Å². The minimum atomic E-state index is 0.362. The van der Waals surface area contributed by atoms with E-state index in [0.717, 1.165) is 51.7 Å². The van der Waals surface area contributed by atoms with E-state index in [-0.39, 0.29) is 0 Å². The number of guanidine groups is 1. The minimum absolute atomic E-state index is 0.362. The molecule has 1 unspecified atom stereocenters. The summed E-state index contributed by atoms with van der Waals surface area (Å²) in [5.41, 5.74) is 0. The lowest BCUT2D eigenvalue weighted by Crippen LogP contribution is -2.43. The first kappa shape index (κ1) is 21.7. The molecule has 5 nitrogen and oxygen atoms in total. The van der Waals surface area contributed by atoms with E-state index >= 15 is 0 Å². The van der Waals surface area contributed by atoms with Crippen molar-refractivity contribution < 1.29 is 4.74 Å². The van der Waals surface area contributed by atoms with Gasteiger partial charge in [0.1, 0.15) is 0 Å². The molecule has 0 aliphatic rings. The molecule has 0 amide bonds. The van der Waals surface area contributed by atoms with Crippen LogP contribution in [0.15, 0.2) is 30.3 Å². The molecular weight excluding hydrogens is 288 g/mol. The first-order valence-electron chi connectivity index (χ1n) is 8.57. The second-order valence-corrected chi connectivity index (χ2v) is 5.84. The normalized spacial score (nSPS) is 13.2. The second-order valence-electron chi connectivity index (χ2n) is 5.84. The van der Waals surface area contributed by atoms with Gasteiger partial charge in [0.2, 0.25) is 0 Å². The Balaban J connectivity index is 4.76. The maximum atomic E-state index is 5.07. The predicted molar refractivity (Wildman–Crippen MR) is 101 cm³/mol. The summed E-state index contributed by atoms with van der Waals surface area (Å²) in [4.78, 5) is 7.13. The van der Waals surface area contributed by atoms with Crippen LogP contribution in [0.4, 0.5) is 0 Å². The van der Waals surface area contributed by atoms with Crippen LogP contribution < -0.4 is 10.6 Å². The van der Waals surface area contributed by atoms with Crippen molar-refractivity contribution in [2.45, 2.75) is 33.2 Å². The largest absolute Gasteiger partial charge is 0.385 e. The van der Waals surface area contributed by atoms with Gasteiger partial charge < -0.3 is 15.4 Å². The maximum absolute atomic E-state index is 5.07. The van der Waals surface area contributed by atoms with Gasteiger partial charge in [0.15, 0.2) is 5.96 Å². The third-order valence-electron chi connectivity index (χ3n) is 3.56. The first-order valence-corrected chi connectivity index (χ1v) is 8.57. The molecule has 0 aromatic rings. The van der Waals surface area contributed by atoms with Crippen LogP contribution in [0.3, 0.4) is 0 Å². The smallest absolute Gasteiger partial charge is 0.191 e. The van der Waals surface area contributed by atoms with E-state index in [4.69, 9.17) is 9.73 Å². The average molecular weight is 325 g/mol. The van der Waals surface area contributed by atoms with Gasteiger partial charge in [-0.2, -0.15) is 0 Å². The molecule has 0 saturated heterocycles. The van der Waals surface area contributed by atoms with E-state index < -0.39 is 0 Å². The Morgan fingerprint density at radius 1 is 1.22 bits per heavy atom. The summed E-state index contributed by atoms with van der Waals surface area (Å²) < 4.78 is 5.07. The Hall–Kier alpha value is -1.33. The van der Waals surface area contributed by atoms with E-state index in [0.29, 0.717) is 12.0 Å². The van der Waals surface area contributed by atoms with Gasteiger partial charge in [0.05, 0.1) is 6.54 Å². The fourth-order valence-corrected chi connectivity index (χ4v) is 2.37. The van der Waals surface area contributed by atoms with Crippen molar-refractivity contribution in [3.8, 4) is 0 Å². The van der Waals surface area contributed by atoms with E-state index in [1.807, 2.05) is 12.2 Å². The van der Waals surface area contributed by atoms with Gasteiger partial charge in [-0.1, -0.05) is 26.0 Å². The number of rotatable bonds is 13. The van der Waals surface area contributed by atoms with Gasteiger partial charge in [-0.05, 0) is 19.3 Å². The van der Waals surface area contributed by atoms with Crippen LogP contribution in [-0.4, -0.2) is 63.3 Å². The molecule has 0 aromatic carbocycles. The molecule has 0 fully saturated rings. The third-order valence-corrected chi connectivity index (χ3v) is 3.56. The minimum Gasteiger partial charge on any atom is -0.385 e. The molecule has 0 aliphatic heterocycles. The molecule has 0 bridgehead atoms. The van der Waals surface area contributed by atoms with Crippen molar-refractivity contribution in [3.63, 3.8) is 0 Å². The molecule has 23 heavy (non-hydrogen) atoms. The zero-order valence-corrected chi connectivity index (χ0v) is 15.5. The summed E-state index contributed by atoms with van der Waals surface area (Å²) in [5, 5.41) is 6.65. The average Bonchev–Trinajstić information content (AvgIpc) is 2.51. The first-order chi connectivity index (χ1) is 11.1. The molecule has 0 aliphatic carbocycles. The van der Waals surface area contributed by atoms with Crippen molar-refractivity contribution in [2.24, 2.45) is 10.9 Å². The van der Waals surface area contributed by atoms with E-state index in [1.54, 1.807) is 7.11 Å². The Kier molecular flexibility index (Phi) is 13.4. The van der Waals surface area contributed by atoms with Crippen LogP contribution in [0, 0.1) is 5.92 Å². The fraction of sp³-hybridized carbons (Fsp3) is 0.722. The van der Waals surface area contributed by atoms with Crippen LogP contribution in [0.5, 0.6) is 0 Å². The topological polar surface area (TPSA) is 48.9 Å². The van der Waals surface area contributed by atoms with E-state index in [9.17, 15) is 0 Å². The quantitative estimate of drug-likeness (QED) is 0.236. The van der Waals surface area contributed by atoms with E-state index in [1.165, 1.54) is 0 Å². The molecular formula is C18H36N4O. The van der Waals surface area contributed by atoms with Gasteiger partial charge in [0, 0.05) is 45.9 Å². The highest BCUT2D eigenvalue weighted by Gasteiger charge is 2.19. The molecule has 0 rings (SSSR count). The summed E-state index contributed by atoms with van der Waals surface area (Å²) >= 11 is 0. The Bertz CT molecular complexity index is 332. The molecule has 0 heterocycles. The van der Waals surface area contributed by atoms with Crippen molar-refractivity contribution in [2.75, 3.05) is 46.4 Å². The fourth-order valence-electron chi connectivity index (χ4n) is 2.37. The summed E-state index contributed by atoms with van der Waals surface area (Å²) in [6.07, 6.45) is 4.85. The lowest BCUT2D eigenvalue weighted by atomic mass is 10.0. The van der Waals surface area contributed by atoms with Crippen molar-refractivity contribution in [1.82, 2.24) is 15.5 Å². The number of nitrogens with one attached hydrogen (secondary N) is 2. The highest BCUT2D eigenvalue weighted by Crippen LogP contribution is 2.11. The number of methoxy groups -OCH3 is 1. The Morgan fingerprint density at radius 3 is 2.35 bits per heavy atom. The standard InChI is InChI=1S/C18H36N4O/c1-7-12-22(13-8-2)17(16(4)5)15-21-18(19-9-3)20-11-10-14-23-6/h7-8,16-17H,1-2,9-15H2,3-6H3,(H2,19,20,21). The van der Waals surface area contributed by atoms with E-state index in [2.05, 4.69) is 49.5 Å². The highest BCUT2D eigenvalue weighted by atomic mass is 16.5. The van der Waals surface area contributed by atoms with Gasteiger partial charge in [0.25, 0.3) is 0 Å². The van der Waals surface area contributed by atoms with Crippen LogP contribution >= 0.6 is 0 Å². The third kappa shape index (κ3) is 10.1. The SMILES string of the molecule is C=CCN(CC=C)C(CN=C(NCC)NCCCOC)C(C)C. The number of hydrogen-bond acceptors (Lipinski definition) is 3. The molecule has 5 heteroatoms. The van der Waals surface area contributed by atoms with Gasteiger partial charge in [-0.25, -0.2) is 0 Å². The molecule has 2 N–H and O–H groups in total. The van der Waals surface area contributed by atoms with Crippen molar-refractivity contribution in [3.05, 3.63) is 25.3 Å². The Labute approximate surface area is 142 Å². The Morgan fingerprint density at radius 2 is 1.87 bits per heavy atom. The zero-order chi connectivity index (χ0) is 17.5. The van der Waals surface area contributed by atoms with Crippen molar-refractivity contribution >= 4 is 5.96 Å². The van der Waals surface area contributed by atoms with Crippen LogP contribution in [0.2, 0.25) is 0 Å². The second kappa shape index (κ2) is 14.3. The lowest BCUT2D eigenvalue weighted by Gasteiger charge is -2.32. The molecule has 0 saturated carbocycles. The summed E-state index contributed by atoms with van der Waals surface area (Å²) in [7, 11) is 1.72. The maximum Gasteiger partial charge on any atom is 0.191 e. The molecule has 0 aromatic heterocycles. The molecule has 134 valence electrons. The van der Waals surface area contributed by atoms with Crippen LogP contribution in [0.25, 0.3) is 0 Å².